The molecule has 3 rings (SSSR count). The van der Waals surface area contributed by atoms with Gasteiger partial charge in [0.2, 0.25) is 0 Å². The van der Waals surface area contributed by atoms with Gasteiger partial charge in [0.25, 0.3) is 5.56 Å². The maximum atomic E-state index is 13.0. The molecule has 2 amide bonds. The lowest BCUT2D eigenvalue weighted by molar-refractivity contribution is 0.178. The quantitative estimate of drug-likeness (QED) is 0.928. The highest BCUT2D eigenvalue weighted by atomic mass is 19.1. The van der Waals surface area contributed by atoms with E-state index in [2.05, 4.69) is 5.32 Å². The Balaban J connectivity index is 1.78. The van der Waals surface area contributed by atoms with Gasteiger partial charge < -0.3 is 14.8 Å². The molecular weight excluding hydrogens is 321 g/mol. The van der Waals surface area contributed by atoms with Gasteiger partial charge in [-0.15, -0.1) is 0 Å². The van der Waals surface area contributed by atoms with Gasteiger partial charge in [-0.05, 0) is 56.5 Å². The number of amides is 2. The van der Waals surface area contributed by atoms with Crippen molar-refractivity contribution in [1.82, 2.24) is 9.47 Å². The molecule has 1 aliphatic rings. The van der Waals surface area contributed by atoms with Gasteiger partial charge >= 0.3 is 6.03 Å². The summed E-state index contributed by atoms with van der Waals surface area (Å²) in [6.45, 7) is 5.06. The molecule has 0 saturated carbocycles. The van der Waals surface area contributed by atoms with Crippen LogP contribution in [-0.2, 0) is 6.54 Å². The van der Waals surface area contributed by atoms with Crippen LogP contribution in [0.3, 0.4) is 0 Å². The van der Waals surface area contributed by atoms with E-state index in [0.29, 0.717) is 13.1 Å². The minimum atomic E-state index is -0.315. The Kier molecular flexibility index (Phi) is 4.61. The van der Waals surface area contributed by atoms with Gasteiger partial charge in [-0.1, -0.05) is 12.1 Å². The van der Waals surface area contributed by atoms with Crippen molar-refractivity contribution < 1.29 is 9.18 Å². The van der Waals surface area contributed by atoms with Gasteiger partial charge in [-0.2, -0.15) is 0 Å². The molecule has 5 nitrogen and oxygen atoms in total. The third kappa shape index (κ3) is 3.73. The molecule has 0 bridgehead atoms. The normalized spacial score (nSPS) is 16.0. The first kappa shape index (κ1) is 17.2. The lowest BCUT2D eigenvalue weighted by Crippen LogP contribution is -2.45. The standard InChI is InChI=1S/C19H22FN3O2/c1-19(2)10-4-12-23(19)18(25)21-16-5-3-11-22(17(16)24)13-14-6-8-15(20)9-7-14/h3,5-9,11H,4,10,12-13H2,1-2H3,(H,21,25). The molecule has 0 unspecified atom stereocenters. The average molecular weight is 343 g/mol. The fraction of sp³-hybridized carbons (Fsp3) is 0.368. The molecule has 1 aromatic carbocycles. The summed E-state index contributed by atoms with van der Waals surface area (Å²) in [5, 5.41) is 2.74. The third-order valence-corrected chi connectivity index (χ3v) is 4.67. The zero-order valence-electron chi connectivity index (χ0n) is 14.5. The van der Waals surface area contributed by atoms with E-state index in [1.165, 1.54) is 16.7 Å². The number of nitrogens with zero attached hydrogens (tertiary/aromatic N) is 2. The predicted molar refractivity (Wildman–Crippen MR) is 95.2 cm³/mol. The monoisotopic (exact) mass is 343 g/mol. The molecule has 0 aliphatic carbocycles. The van der Waals surface area contributed by atoms with Gasteiger partial charge in [-0.3, -0.25) is 4.79 Å². The number of carbonyl (C=O) groups is 1. The van der Waals surface area contributed by atoms with Gasteiger partial charge in [0.1, 0.15) is 11.5 Å². The predicted octanol–water partition coefficient (Wildman–Crippen LogP) is 3.44. The van der Waals surface area contributed by atoms with Crippen molar-refractivity contribution in [3.05, 3.63) is 64.3 Å². The topological polar surface area (TPSA) is 54.3 Å². The van der Waals surface area contributed by atoms with Gasteiger partial charge in [0.05, 0.1) is 6.54 Å². The number of hydrogen-bond donors (Lipinski definition) is 1. The first-order valence-electron chi connectivity index (χ1n) is 8.39. The second-order valence-electron chi connectivity index (χ2n) is 6.98. The van der Waals surface area contributed by atoms with E-state index in [1.807, 2.05) is 13.8 Å². The van der Waals surface area contributed by atoms with E-state index in [4.69, 9.17) is 0 Å². The number of likely N-dealkylation sites (tertiary alicyclic amines) is 1. The third-order valence-electron chi connectivity index (χ3n) is 4.67. The van der Waals surface area contributed by atoms with Gasteiger partial charge in [-0.25, -0.2) is 9.18 Å². The molecule has 25 heavy (non-hydrogen) atoms. The number of halogens is 1. The number of nitrogens with one attached hydrogen (secondary N) is 1. The largest absolute Gasteiger partial charge is 0.322 e. The molecule has 1 aliphatic heterocycles. The van der Waals surface area contributed by atoms with Crippen molar-refractivity contribution in [2.45, 2.75) is 38.8 Å². The molecule has 0 atom stereocenters. The Hall–Kier alpha value is -2.63. The molecule has 0 spiro atoms. The molecular formula is C19H22FN3O2. The van der Waals surface area contributed by atoms with E-state index in [-0.39, 0.29) is 28.6 Å². The van der Waals surface area contributed by atoms with Crippen molar-refractivity contribution in [3.63, 3.8) is 0 Å². The Morgan fingerprint density at radius 1 is 1.24 bits per heavy atom. The first-order chi connectivity index (χ1) is 11.9. The zero-order valence-corrected chi connectivity index (χ0v) is 14.5. The number of aromatic nitrogens is 1. The van der Waals surface area contributed by atoms with Crippen LogP contribution in [0.2, 0.25) is 0 Å². The van der Waals surface area contributed by atoms with Crippen molar-refractivity contribution in [1.29, 1.82) is 0 Å². The second kappa shape index (κ2) is 6.70. The molecule has 2 heterocycles. The van der Waals surface area contributed by atoms with E-state index < -0.39 is 0 Å². The zero-order chi connectivity index (χ0) is 18.0. The fourth-order valence-corrected chi connectivity index (χ4v) is 3.21. The van der Waals surface area contributed by atoms with Crippen molar-refractivity contribution in [2.75, 3.05) is 11.9 Å². The van der Waals surface area contributed by atoms with E-state index >= 15 is 0 Å². The first-order valence-corrected chi connectivity index (χ1v) is 8.39. The maximum absolute atomic E-state index is 13.0. The van der Waals surface area contributed by atoms with E-state index in [0.717, 1.165) is 18.4 Å². The summed E-state index contributed by atoms with van der Waals surface area (Å²) >= 11 is 0. The van der Waals surface area contributed by atoms with E-state index in [9.17, 15) is 14.0 Å². The second-order valence-corrected chi connectivity index (χ2v) is 6.98. The van der Waals surface area contributed by atoms with Crippen LogP contribution < -0.4 is 10.9 Å². The summed E-state index contributed by atoms with van der Waals surface area (Å²) in [7, 11) is 0. The minimum absolute atomic E-state index is 0.202. The Labute approximate surface area is 146 Å². The number of benzene rings is 1. The molecule has 1 N–H and O–H groups in total. The number of anilines is 1. The highest BCUT2D eigenvalue weighted by Gasteiger charge is 2.35. The Morgan fingerprint density at radius 2 is 1.96 bits per heavy atom. The number of rotatable bonds is 3. The van der Waals surface area contributed by atoms with Crippen molar-refractivity contribution in [2.24, 2.45) is 0 Å². The van der Waals surface area contributed by atoms with Gasteiger partial charge in [0, 0.05) is 18.3 Å². The number of carbonyl (C=O) groups excluding carboxylic acids is 1. The van der Waals surface area contributed by atoms with E-state index in [1.54, 1.807) is 35.4 Å². The fourth-order valence-electron chi connectivity index (χ4n) is 3.21. The smallest absolute Gasteiger partial charge is 0.319 e. The molecule has 132 valence electrons. The van der Waals surface area contributed by atoms with Crippen LogP contribution in [-0.4, -0.2) is 27.6 Å². The summed E-state index contributed by atoms with van der Waals surface area (Å²) in [6.07, 6.45) is 3.56. The SMILES string of the molecule is CC1(C)CCCN1C(=O)Nc1cccn(Cc2ccc(F)cc2)c1=O. The molecule has 1 aromatic heterocycles. The van der Waals surface area contributed by atoms with Crippen LogP contribution in [0.15, 0.2) is 47.4 Å². The highest BCUT2D eigenvalue weighted by Crippen LogP contribution is 2.28. The maximum Gasteiger partial charge on any atom is 0.322 e. The number of hydrogen-bond acceptors (Lipinski definition) is 2. The molecule has 0 radical (unpaired) electrons. The van der Waals surface area contributed by atoms with Crippen molar-refractivity contribution in [3.8, 4) is 0 Å². The van der Waals surface area contributed by atoms with Crippen molar-refractivity contribution >= 4 is 11.7 Å². The van der Waals surface area contributed by atoms with Crippen LogP contribution in [0.25, 0.3) is 0 Å². The average Bonchev–Trinajstić information content (AvgIpc) is 2.92. The summed E-state index contributed by atoms with van der Waals surface area (Å²) < 4.78 is 14.5. The Morgan fingerprint density at radius 3 is 2.60 bits per heavy atom. The van der Waals surface area contributed by atoms with Crippen LogP contribution in [0, 0.1) is 5.82 Å². The summed E-state index contributed by atoms with van der Waals surface area (Å²) in [5.41, 5.74) is 0.577. The molecule has 1 fully saturated rings. The van der Waals surface area contributed by atoms with Crippen LogP contribution in [0.1, 0.15) is 32.3 Å². The van der Waals surface area contributed by atoms with Gasteiger partial charge in [0.15, 0.2) is 0 Å². The molecule has 1 saturated heterocycles. The number of pyridine rings is 1. The molecule has 6 heteroatoms. The van der Waals surface area contributed by atoms with Crippen LogP contribution in [0.5, 0.6) is 0 Å². The summed E-state index contributed by atoms with van der Waals surface area (Å²) in [6, 6.07) is 9.07. The summed E-state index contributed by atoms with van der Waals surface area (Å²) in [4.78, 5) is 26.9. The number of urea groups is 1. The molecule has 2 aromatic rings. The minimum Gasteiger partial charge on any atom is -0.319 e. The van der Waals surface area contributed by atoms with Crippen LogP contribution >= 0.6 is 0 Å². The highest BCUT2D eigenvalue weighted by molar-refractivity contribution is 5.89. The lowest BCUT2D eigenvalue weighted by atomic mass is 10.0. The Bertz CT molecular complexity index is 827. The van der Waals surface area contributed by atoms with Crippen LogP contribution in [0.4, 0.5) is 14.9 Å². The lowest BCUT2D eigenvalue weighted by Gasteiger charge is -2.31. The summed E-state index contributed by atoms with van der Waals surface area (Å²) in [5.74, 6) is -0.315.